The maximum atomic E-state index is 13.3. The number of rotatable bonds is 10. The highest BCUT2D eigenvalue weighted by Crippen LogP contribution is 2.27. The van der Waals surface area contributed by atoms with Crippen LogP contribution in [-0.2, 0) is 22.6 Å². The lowest BCUT2D eigenvalue weighted by atomic mass is 10.1. The van der Waals surface area contributed by atoms with Crippen LogP contribution in [0.4, 0.5) is 0 Å². The highest BCUT2D eigenvalue weighted by Gasteiger charge is 2.29. The highest BCUT2D eigenvalue weighted by molar-refractivity contribution is 6.36. The van der Waals surface area contributed by atoms with Crippen LogP contribution in [0.3, 0.4) is 0 Å². The Hall–Kier alpha value is -1.75. The van der Waals surface area contributed by atoms with Gasteiger partial charge in [-0.05, 0) is 36.6 Å². The Bertz CT molecular complexity index is 853. The average Bonchev–Trinajstić information content (AvgIpc) is 2.71. The minimum Gasteiger partial charge on any atom is -0.354 e. The fourth-order valence-corrected chi connectivity index (χ4v) is 3.91. The van der Waals surface area contributed by atoms with Crippen molar-refractivity contribution in [3.05, 3.63) is 68.7 Å². The Morgan fingerprint density at radius 2 is 1.60 bits per heavy atom. The molecule has 0 heterocycles. The molecule has 0 aromatic heterocycles. The Morgan fingerprint density at radius 1 is 0.967 bits per heavy atom. The molecule has 0 aliphatic heterocycles. The summed E-state index contributed by atoms with van der Waals surface area (Å²) in [6.45, 7) is 4.66. The van der Waals surface area contributed by atoms with Crippen LogP contribution in [-0.4, -0.2) is 29.3 Å². The van der Waals surface area contributed by atoms with Gasteiger partial charge in [-0.1, -0.05) is 79.3 Å². The fourth-order valence-electron chi connectivity index (χ4n) is 3.19. The standard InChI is InChI=1S/C23H27Cl3N2O2/c1-3-5-13-27-23(30)21(4-2)28(15-17-19(25)11-8-12-20(17)26)22(29)14-16-9-6-7-10-18(16)24/h6-12,21H,3-5,13-15H2,1-2H3,(H,27,30)/t21-/m0/s1. The maximum Gasteiger partial charge on any atom is 0.242 e. The molecule has 0 spiro atoms. The van der Waals surface area contributed by atoms with Gasteiger partial charge in [0, 0.05) is 33.7 Å². The van der Waals surface area contributed by atoms with Crippen LogP contribution in [0.5, 0.6) is 0 Å². The number of carbonyl (C=O) groups excluding carboxylic acids is 2. The first kappa shape index (κ1) is 24.5. The molecule has 2 aromatic carbocycles. The second-order valence-corrected chi connectivity index (χ2v) is 8.28. The Labute approximate surface area is 193 Å². The van der Waals surface area contributed by atoms with Gasteiger partial charge in [-0.15, -0.1) is 0 Å². The van der Waals surface area contributed by atoms with Gasteiger partial charge in [0.15, 0.2) is 0 Å². The molecule has 4 nitrogen and oxygen atoms in total. The van der Waals surface area contributed by atoms with Crippen molar-refractivity contribution < 1.29 is 9.59 Å². The van der Waals surface area contributed by atoms with Gasteiger partial charge in [-0.25, -0.2) is 0 Å². The van der Waals surface area contributed by atoms with Crippen molar-refractivity contribution in [3.8, 4) is 0 Å². The first-order valence-electron chi connectivity index (χ1n) is 10.1. The molecule has 2 rings (SSSR count). The van der Waals surface area contributed by atoms with Gasteiger partial charge in [-0.2, -0.15) is 0 Å². The largest absolute Gasteiger partial charge is 0.354 e. The predicted octanol–water partition coefficient (Wildman–Crippen LogP) is 5.91. The van der Waals surface area contributed by atoms with Crippen molar-refractivity contribution in [2.24, 2.45) is 0 Å². The molecule has 2 amide bonds. The molecule has 0 radical (unpaired) electrons. The molecule has 0 unspecified atom stereocenters. The zero-order chi connectivity index (χ0) is 22.1. The van der Waals surface area contributed by atoms with Gasteiger partial charge < -0.3 is 10.2 Å². The third kappa shape index (κ3) is 6.63. The van der Waals surface area contributed by atoms with Crippen LogP contribution in [0, 0.1) is 0 Å². The van der Waals surface area contributed by atoms with Crippen LogP contribution in [0.25, 0.3) is 0 Å². The smallest absolute Gasteiger partial charge is 0.242 e. The summed E-state index contributed by atoms with van der Waals surface area (Å²) in [5.74, 6) is -0.391. The van der Waals surface area contributed by atoms with E-state index in [4.69, 9.17) is 34.8 Å². The van der Waals surface area contributed by atoms with Crippen LogP contribution in [0.1, 0.15) is 44.2 Å². The lowest BCUT2D eigenvalue weighted by molar-refractivity contribution is -0.140. The molecule has 0 aliphatic rings. The van der Waals surface area contributed by atoms with Crippen molar-refractivity contribution in [1.29, 1.82) is 0 Å². The number of nitrogens with zero attached hydrogens (tertiary/aromatic N) is 1. The van der Waals surface area contributed by atoms with Gasteiger partial charge >= 0.3 is 0 Å². The van der Waals surface area contributed by atoms with Gasteiger partial charge in [0.05, 0.1) is 6.42 Å². The van der Waals surface area contributed by atoms with E-state index < -0.39 is 6.04 Å². The molecular weight excluding hydrogens is 443 g/mol. The van der Waals surface area contributed by atoms with Crippen molar-refractivity contribution in [2.45, 2.75) is 52.1 Å². The molecular formula is C23H27Cl3N2O2. The number of nitrogens with one attached hydrogen (secondary N) is 1. The zero-order valence-electron chi connectivity index (χ0n) is 17.3. The molecule has 30 heavy (non-hydrogen) atoms. The Balaban J connectivity index is 2.33. The van der Waals surface area contributed by atoms with E-state index in [9.17, 15) is 9.59 Å². The number of benzene rings is 2. The van der Waals surface area contributed by atoms with Gasteiger partial charge in [-0.3, -0.25) is 9.59 Å². The maximum absolute atomic E-state index is 13.3. The van der Waals surface area contributed by atoms with E-state index in [2.05, 4.69) is 12.2 Å². The fraction of sp³-hybridized carbons (Fsp3) is 0.391. The molecule has 2 aromatic rings. The lowest BCUT2D eigenvalue weighted by Crippen LogP contribution is -2.49. The monoisotopic (exact) mass is 468 g/mol. The van der Waals surface area contributed by atoms with E-state index in [0.717, 1.165) is 12.8 Å². The molecule has 7 heteroatoms. The first-order valence-corrected chi connectivity index (χ1v) is 11.3. The quantitative estimate of drug-likeness (QED) is 0.440. The normalized spacial score (nSPS) is 11.8. The summed E-state index contributed by atoms with van der Waals surface area (Å²) in [6, 6.07) is 11.8. The second-order valence-electron chi connectivity index (χ2n) is 7.06. The minimum absolute atomic E-state index is 0.0838. The molecule has 0 fully saturated rings. The van der Waals surface area contributed by atoms with E-state index in [1.807, 2.05) is 25.1 Å². The third-order valence-corrected chi connectivity index (χ3v) is 5.98. The van der Waals surface area contributed by atoms with Gasteiger partial charge in [0.1, 0.15) is 6.04 Å². The number of hydrogen-bond donors (Lipinski definition) is 1. The molecule has 0 aliphatic carbocycles. The van der Waals surface area contributed by atoms with Crippen LogP contribution < -0.4 is 5.32 Å². The minimum atomic E-state index is -0.635. The number of halogens is 3. The zero-order valence-corrected chi connectivity index (χ0v) is 19.5. The second kappa shape index (κ2) is 12.2. The van der Waals surface area contributed by atoms with Crippen LogP contribution in [0.15, 0.2) is 42.5 Å². The number of amides is 2. The number of unbranched alkanes of at least 4 members (excludes halogenated alkanes) is 1. The third-order valence-electron chi connectivity index (χ3n) is 4.91. The summed E-state index contributed by atoms with van der Waals surface area (Å²) in [6.07, 6.45) is 2.41. The van der Waals surface area contributed by atoms with E-state index in [1.165, 1.54) is 0 Å². The summed E-state index contributed by atoms with van der Waals surface area (Å²) in [7, 11) is 0. The van der Waals surface area contributed by atoms with Crippen LogP contribution >= 0.6 is 34.8 Å². The topological polar surface area (TPSA) is 49.4 Å². The molecule has 0 bridgehead atoms. The SMILES string of the molecule is CCCCNC(=O)[C@H](CC)N(Cc1c(Cl)cccc1Cl)C(=O)Cc1ccccc1Cl. The predicted molar refractivity (Wildman–Crippen MR) is 124 cm³/mol. The van der Waals surface area contributed by atoms with E-state index >= 15 is 0 Å². The Kier molecular flexibility index (Phi) is 9.96. The van der Waals surface area contributed by atoms with Crippen molar-refractivity contribution in [1.82, 2.24) is 10.2 Å². The highest BCUT2D eigenvalue weighted by atomic mass is 35.5. The molecule has 1 N–H and O–H groups in total. The van der Waals surface area contributed by atoms with E-state index in [0.29, 0.717) is 39.2 Å². The summed E-state index contributed by atoms with van der Waals surface area (Å²) in [5.41, 5.74) is 1.33. The Morgan fingerprint density at radius 3 is 2.20 bits per heavy atom. The first-order chi connectivity index (χ1) is 14.4. The summed E-state index contributed by atoms with van der Waals surface area (Å²) >= 11 is 19.0. The van der Waals surface area contributed by atoms with Gasteiger partial charge in [0.25, 0.3) is 0 Å². The van der Waals surface area contributed by atoms with Crippen molar-refractivity contribution in [3.63, 3.8) is 0 Å². The summed E-state index contributed by atoms with van der Waals surface area (Å²) in [4.78, 5) is 27.8. The summed E-state index contributed by atoms with van der Waals surface area (Å²) < 4.78 is 0. The lowest BCUT2D eigenvalue weighted by Gasteiger charge is -2.31. The molecule has 0 saturated heterocycles. The number of carbonyl (C=O) groups is 2. The van der Waals surface area contributed by atoms with Crippen molar-refractivity contribution >= 4 is 46.6 Å². The number of hydrogen-bond acceptors (Lipinski definition) is 2. The summed E-state index contributed by atoms with van der Waals surface area (Å²) in [5, 5.41) is 4.37. The molecule has 1 atom stereocenters. The van der Waals surface area contributed by atoms with E-state index in [1.54, 1.807) is 29.2 Å². The van der Waals surface area contributed by atoms with Gasteiger partial charge in [0.2, 0.25) is 11.8 Å². The van der Waals surface area contributed by atoms with Crippen molar-refractivity contribution in [2.75, 3.05) is 6.54 Å². The average molecular weight is 470 g/mol. The molecule has 0 saturated carbocycles. The van der Waals surface area contributed by atoms with Crippen LogP contribution in [0.2, 0.25) is 15.1 Å². The molecule has 162 valence electrons. The van der Waals surface area contributed by atoms with E-state index in [-0.39, 0.29) is 24.8 Å².